The summed E-state index contributed by atoms with van der Waals surface area (Å²) in [6.45, 7) is 2.25. The van der Waals surface area contributed by atoms with Gasteiger partial charge in [0.1, 0.15) is 0 Å². The fraction of sp³-hybridized carbons (Fsp3) is 0.538. The molecule has 1 atom stereocenters. The van der Waals surface area contributed by atoms with Gasteiger partial charge in [-0.2, -0.15) is 0 Å². The summed E-state index contributed by atoms with van der Waals surface area (Å²) >= 11 is 1.87. The number of benzene rings is 1. The molecule has 0 heterocycles. The van der Waals surface area contributed by atoms with Crippen LogP contribution in [0.4, 0.5) is 0 Å². The minimum atomic E-state index is -0.128. The highest BCUT2D eigenvalue weighted by Crippen LogP contribution is 2.20. The zero-order valence-corrected chi connectivity index (χ0v) is 10.9. The van der Waals surface area contributed by atoms with Crippen LogP contribution in [-0.4, -0.2) is 30.1 Å². The first-order valence-electron chi connectivity index (χ1n) is 5.68. The number of aliphatic hydroxyl groups is 1. The van der Waals surface area contributed by atoms with E-state index in [-0.39, 0.29) is 12.1 Å². The van der Waals surface area contributed by atoms with Crippen molar-refractivity contribution in [1.29, 1.82) is 0 Å². The monoisotopic (exact) mass is 239 g/mol. The maximum absolute atomic E-state index is 9.23. The Balaban J connectivity index is 2.22. The van der Waals surface area contributed by atoms with Crippen molar-refractivity contribution in [1.82, 2.24) is 5.32 Å². The van der Waals surface area contributed by atoms with Gasteiger partial charge in [0, 0.05) is 10.4 Å². The summed E-state index contributed by atoms with van der Waals surface area (Å²) in [5.74, 6) is 1.10. The van der Waals surface area contributed by atoms with Crippen molar-refractivity contribution < 1.29 is 5.11 Å². The van der Waals surface area contributed by atoms with Crippen molar-refractivity contribution in [2.24, 2.45) is 0 Å². The van der Waals surface area contributed by atoms with Crippen LogP contribution < -0.4 is 5.32 Å². The Kier molecular flexibility index (Phi) is 5.88. The quantitative estimate of drug-likeness (QED) is 0.566. The molecular weight excluding hydrogens is 218 g/mol. The molecule has 0 aliphatic rings. The van der Waals surface area contributed by atoms with E-state index >= 15 is 0 Å². The lowest BCUT2D eigenvalue weighted by atomic mass is 9.98. The van der Waals surface area contributed by atoms with E-state index in [0.29, 0.717) is 0 Å². The maximum Gasteiger partial charge on any atom is 0.0610 e. The van der Waals surface area contributed by atoms with E-state index in [0.717, 1.165) is 18.6 Å². The Hall–Kier alpha value is -0.510. The lowest BCUT2D eigenvalue weighted by Crippen LogP contribution is -2.43. The van der Waals surface area contributed by atoms with Crippen LogP contribution in [-0.2, 0) is 0 Å². The van der Waals surface area contributed by atoms with E-state index in [1.165, 1.54) is 4.90 Å². The van der Waals surface area contributed by atoms with E-state index in [1.54, 1.807) is 0 Å². The molecule has 0 bridgehead atoms. The van der Waals surface area contributed by atoms with Gasteiger partial charge in [0.25, 0.3) is 0 Å². The third-order valence-corrected chi connectivity index (χ3v) is 3.94. The Labute approximate surface area is 102 Å². The molecule has 0 radical (unpaired) electrons. The lowest BCUT2D eigenvalue weighted by molar-refractivity contribution is 0.173. The van der Waals surface area contributed by atoms with Crippen LogP contribution in [0.1, 0.15) is 19.8 Å². The van der Waals surface area contributed by atoms with Gasteiger partial charge < -0.3 is 10.4 Å². The van der Waals surface area contributed by atoms with E-state index in [2.05, 4.69) is 36.5 Å². The molecule has 3 heteroatoms. The highest BCUT2D eigenvalue weighted by Gasteiger charge is 2.19. The molecule has 2 N–H and O–H groups in total. The van der Waals surface area contributed by atoms with Gasteiger partial charge in [0.2, 0.25) is 0 Å². The molecule has 1 rings (SSSR count). The van der Waals surface area contributed by atoms with Crippen LogP contribution in [0.25, 0.3) is 0 Å². The zero-order chi connectivity index (χ0) is 11.9. The Morgan fingerprint density at radius 1 is 1.31 bits per heavy atom. The molecule has 0 saturated carbocycles. The third kappa shape index (κ3) is 4.56. The maximum atomic E-state index is 9.23. The molecule has 0 aliphatic heterocycles. The average Bonchev–Trinajstić information content (AvgIpc) is 2.36. The van der Waals surface area contributed by atoms with E-state index in [4.69, 9.17) is 0 Å². The van der Waals surface area contributed by atoms with Gasteiger partial charge in [-0.25, -0.2) is 0 Å². The van der Waals surface area contributed by atoms with E-state index < -0.39 is 0 Å². The number of likely N-dealkylation sites (N-methyl/N-ethyl adjacent to an activating group) is 1. The molecule has 0 spiro atoms. The second kappa shape index (κ2) is 6.94. The zero-order valence-electron chi connectivity index (χ0n) is 10.1. The summed E-state index contributed by atoms with van der Waals surface area (Å²) in [5.41, 5.74) is -0.128. The normalized spacial score (nSPS) is 14.7. The molecule has 0 aliphatic carbocycles. The number of aliphatic hydroxyl groups excluding tert-OH is 1. The molecular formula is C13H21NOS. The first kappa shape index (κ1) is 13.6. The van der Waals surface area contributed by atoms with Crippen molar-refractivity contribution in [3.8, 4) is 0 Å². The van der Waals surface area contributed by atoms with Crippen molar-refractivity contribution >= 4 is 11.8 Å². The van der Waals surface area contributed by atoms with E-state index in [9.17, 15) is 5.11 Å². The van der Waals surface area contributed by atoms with Gasteiger partial charge in [0.15, 0.2) is 0 Å². The molecule has 1 aromatic rings. The van der Waals surface area contributed by atoms with Crippen molar-refractivity contribution in [2.75, 3.05) is 19.4 Å². The van der Waals surface area contributed by atoms with Gasteiger partial charge >= 0.3 is 0 Å². The second-order valence-corrected chi connectivity index (χ2v) is 5.40. The van der Waals surface area contributed by atoms with Crippen molar-refractivity contribution in [3.05, 3.63) is 30.3 Å². The summed E-state index contributed by atoms with van der Waals surface area (Å²) in [5, 5.41) is 12.4. The van der Waals surface area contributed by atoms with Crippen molar-refractivity contribution in [3.63, 3.8) is 0 Å². The van der Waals surface area contributed by atoms with Crippen LogP contribution >= 0.6 is 11.8 Å². The number of thioether (sulfide) groups is 1. The molecule has 16 heavy (non-hydrogen) atoms. The highest BCUT2D eigenvalue weighted by atomic mass is 32.2. The standard InChI is InChI=1S/C13H21NOS/c1-13(11-15,14-2)9-6-10-16-12-7-4-3-5-8-12/h3-5,7-8,14-15H,6,9-11H2,1-2H3. The molecule has 0 amide bonds. The van der Waals surface area contributed by atoms with E-state index in [1.807, 2.05) is 24.9 Å². The fourth-order valence-corrected chi connectivity index (χ4v) is 2.33. The molecule has 0 aromatic heterocycles. The Morgan fingerprint density at radius 2 is 2.00 bits per heavy atom. The predicted octanol–water partition coefficient (Wildman–Crippen LogP) is 2.53. The SMILES string of the molecule is CNC(C)(CO)CCCSc1ccccc1. The van der Waals surface area contributed by atoms with Gasteiger partial charge in [-0.05, 0) is 44.7 Å². The molecule has 0 saturated heterocycles. The van der Waals surface area contributed by atoms with Crippen LogP contribution in [0, 0.1) is 0 Å². The van der Waals surface area contributed by atoms with Crippen molar-refractivity contribution in [2.45, 2.75) is 30.2 Å². The van der Waals surface area contributed by atoms with Crippen LogP contribution in [0.5, 0.6) is 0 Å². The topological polar surface area (TPSA) is 32.3 Å². The van der Waals surface area contributed by atoms with Gasteiger partial charge in [0.05, 0.1) is 6.61 Å². The highest BCUT2D eigenvalue weighted by molar-refractivity contribution is 7.99. The Morgan fingerprint density at radius 3 is 2.56 bits per heavy atom. The molecule has 1 aromatic carbocycles. The number of hydrogen-bond donors (Lipinski definition) is 2. The van der Waals surface area contributed by atoms with Gasteiger partial charge in [-0.3, -0.25) is 0 Å². The van der Waals surface area contributed by atoms with Crippen LogP contribution in [0.15, 0.2) is 35.2 Å². The first-order chi connectivity index (χ1) is 7.70. The smallest absolute Gasteiger partial charge is 0.0610 e. The molecule has 90 valence electrons. The predicted molar refractivity (Wildman–Crippen MR) is 71.0 cm³/mol. The number of nitrogens with one attached hydrogen (secondary N) is 1. The third-order valence-electron chi connectivity index (χ3n) is 2.84. The van der Waals surface area contributed by atoms with Gasteiger partial charge in [-0.1, -0.05) is 18.2 Å². The minimum Gasteiger partial charge on any atom is -0.394 e. The summed E-state index contributed by atoms with van der Waals surface area (Å²) in [6, 6.07) is 10.4. The molecule has 0 fully saturated rings. The number of hydrogen-bond acceptors (Lipinski definition) is 3. The average molecular weight is 239 g/mol. The summed E-state index contributed by atoms with van der Waals surface area (Å²) in [7, 11) is 1.90. The fourth-order valence-electron chi connectivity index (χ4n) is 1.45. The number of rotatable bonds is 7. The molecule has 1 unspecified atom stereocenters. The Bertz CT molecular complexity index is 285. The lowest BCUT2D eigenvalue weighted by Gasteiger charge is -2.26. The largest absolute Gasteiger partial charge is 0.394 e. The van der Waals surface area contributed by atoms with Crippen LogP contribution in [0.2, 0.25) is 0 Å². The summed E-state index contributed by atoms with van der Waals surface area (Å²) < 4.78 is 0. The molecule has 2 nitrogen and oxygen atoms in total. The summed E-state index contributed by atoms with van der Waals surface area (Å²) in [6.07, 6.45) is 2.11. The van der Waals surface area contributed by atoms with Gasteiger partial charge in [-0.15, -0.1) is 11.8 Å². The van der Waals surface area contributed by atoms with Crippen LogP contribution in [0.3, 0.4) is 0 Å². The minimum absolute atomic E-state index is 0.128. The first-order valence-corrected chi connectivity index (χ1v) is 6.66. The summed E-state index contributed by atoms with van der Waals surface area (Å²) in [4.78, 5) is 1.32. The second-order valence-electron chi connectivity index (χ2n) is 4.23.